The quantitative estimate of drug-likeness (QED) is 0.331. The Bertz CT molecular complexity index is 821. The molecule has 0 saturated carbocycles. The van der Waals surface area contributed by atoms with E-state index in [-0.39, 0.29) is 10.2 Å². The summed E-state index contributed by atoms with van der Waals surface area (Å²) in [6.07, 6.45) is -4.78. The molecule has 1 aromatic heterocycles. The fraction of sp³-hybridized carbons (Fsp3) is 0.556. The minimum absolute atomic E-state index is 0.112. The number of hydrogen-bond donors (Lipinski definition) is 0. The maximum atomic E-state index is 11.9. The number of carbonyl (C=O) groups excluding carboxylic acids is 5. The van der Waals surface area contributed by atoms with E-state index in [1.165, 1.54) is 0 Å². The third-order valence-corrected chi connectivity index (χ3v) is 4.11. The van der Waals surface area contributed by atoms with E-state index in [1.54, 1.807) is 0 Å². The van der Waals surface area contributed by atoms with Crippen LogP contribution in [0.25, 0.3) is 0 Å². The highest BCUT2D eigenvalue weighted by Crippen LogP contribution is 2.33. The molecule has 1 heterocycles. The van der Waals surface area contributed by atoms with Crippen LogP contribution >= 0.6 is 15.9 Å². The molecule has 1 aromatic rings. The Morgan fingerprint density at radius 1 is 0.839 bits per heavy atom. The van der Waals surface area contributed by atoms with Gasteiger partial charge in [0.15, 0.2) is 29.0 Å². The van der Waals surface area contributed by atoms with Gasteiger partial charge in [0.05, 0.1) is 5.56 Å². The molecule has 0 radical (unpaired) electrons. The summed E-state index contributed by atoms with van der Waals surface area (Å²) < 4.78 is 30.9. The molecule has 0 saturated heterocycles. The van der Waals surface area contributed by atoms with Crippen LogP contribution in [0.5, 0.6) is 0 Å². The van der Waals surface area contributed by atoms with Crippen LogP contribution in [-0.4, -0.2) is 59.9 Å². The van der Waals surface area contributed by atoms with Gasteiger partial charge >= 0.3 is 29.8 Å². The van der Waals surface area contributed by atoms with Gasteiger partial charge in [0.2, 0.25) is 0 Å². The Labute approximate surface area is 185 Å². The first-order chi connectivity index (χ1) is 14.4. The van der Waals surface area contributed by atoms with E-state index in [2.05, 4.69) is 21.1 Å². The fourth-order valence-electron chi connectivity index (χ4n) is 2.55. The van der Waals surface area contributed by atoms with E-state index in [4.69, 9.17) is 28.2 Å². The average molecular weight is 508 g/mol. The largest absolute Gasteiger partial charge is 0.462 e. The van der Waals surface area contributed by atoms with Crippen molar-refractivity contribution >= 4 is 45.8 Å². The summed E-state index contributed by atoms with van der Waals surface area (Å²) >= 11 is 3.12. The number of halogens is 1. The van der Waals surface area contributed by atoms with E-state index < -0.39 is 60.9 Å². The molecular formula is C18H22BrNO11. The molecule has 0 aromatic carbocycles. The molecule has 12 nitrogen and oxygen atoms in total. The zero-order valence-electron chi connectivity index (χ0n) is 17.4. The van der Waals surface area contributed by atoms with Crippen molar-refractivity contribution in [2.24, 2.45) is 0 Å². The number of carbonyl (C=O) groups is 5. The molecule has 1 rings (SSSR count). The number of aromatic nitrogens is 1. The van der Waals surface area contributed by atoms with E-state index in [0.717, 1.165) is 40.9 Å². The van der Waals surface area contributed by atoms with Crippen LogP contribution in [0.2, 0.25) is 0 Å². The molecule has 0 amide bonds. The zero-order valence-corrected chi connectivity index (χ0v) is 19.0. The van der Waals surface area contributed by atoms with Crippen molar-refractivity contribution < 1.29 is 52.2 Å². The van der Waals surface area contributed by atoms with Gasteiger partial charge in [0.25, 0.3) is 0 Å². The highest BCUT2D eigenvalue weighted by molar-refractivity contribution is 9.10. The molecule has 4 atom stereocenters. The van der Waals surface area contributed by atoms with Crippen LogP contribution in [0.1, 0.15) is 46.3 Å². The second-order valence-electron chi connectivity index (χ2n) is 6.19. The minimum atomic E-state index is -1.55. The maximum absolute atomic E-state index is 11.9. The Morgan fingerprint density at radius 3 is 1.77 bits per heavy atom. The van der Waals surface area contributed by atoms with E-state index in [1.807, 2.05) is 0 Å². The predicted molar refractivity (Wildman–Crippen MR) is 102 cm³/mol. The average Bonchev–Trinajstić information content (AvgIpc) is 3.04. The van der Waals surface area contributed by atoms with Crippen molar-refractivity contribution in [3.63, 3.8) is 0 Å². The van der Waals surface area contributed by atoms with Gasteiger partial charge in [-0.3, -0.25) is 24.0 Å². The summed E-state index contributed by atoms with van der Waals surface area (Å²) in [5.41, 5.74) is 0.132. The second kappa shape index (κ2) is 12.0. The number of esters is 5. The van der Waals surface area contributed by atoms with Crippen LogP contribution in [0.15, 0.2) is 15.4 Å². The molecule has 0 spiro atoms. The van der Waals surface area contributed by atoms with Gasteiger partial charge in [-0.2, -0.15) is 0 Å². The van der Waals surface area contributed by atoms with Crippen molar-refractivity contribution in [2.75, 3.05) is 6.61 Å². The van der Waals surface area contributed by atoms with Gasteiger partial charge in [0.1, 0.15) is 12.9 Å². The van der Waals surface area contributed by atoms with Crippen LogP contribution in [-0.2, 0) is 47.7 Å². The van der Waals surface area contributed by atoms with Crippen LogP contribution in [0.3, 0.4) is 0 Å². The standard InChI is InChI=1S/C18H22BrNO11/c1-8(21)26-7-14(28-9(2)22)16(30-11(4)24)17(31-12(5)25)15(29-10(3)23)13-6-27-20-18(13)19/h6,14-17H,7H2,1-5H3/t14-,15+,16+,17-/m1/s1. The van der Waals surface area contributed by atoms with Crippen LogP contribution < -0.4 is 0 Å². The Balaban J connectivity index is 3.55. The Morgan fingerprint density at radius 2 is 1.35 bits per heavy atom. The van der Waals surface area contributed by atoms with Gasteiger partial charge in [0, 0.05) is 34.6 Å². The van der Waals surface area contributed by atoms with Crippen molar-refractivity contribution in [3.8, 4) is 0 Å². The van der Waals surface area contributed by atoms with Crippen molar-refractivity contribution in [1.82, 2.24) is 5.16 Å². The topological polar surface area (TPSA) is 158 Å². The lowest BCUT2D eigenvalue weighted by molar-refractivity contribution is -0.203. The highest BCUT2D eigenvalue weighted by Gasteiger charge is 2.45. The van der Waals surface area contributed by atoms with Gasteiger partial charge in [-0.1, -0.05) is 5.16 Å². The number of rotatable bonds is 10. The van der Waals surface area contributed by atoms with Crippen molar-refractivity contribution in [2.45, 2.75) is 59.0 Å². The van der Waals surface area contributed by atoms with Crippen LogP contribution in [0, 0.1) is 0 Å². The lowest BCUT2D eigenvalue weighted by atomic mass is 9.98. The van der Waals surface area contributed by atoms with Crippen molar-refractivity contribution in [3.05, 3.63) is 16.4 Å². The fourth-order valence-corrected chi connectivity index (χ4v) is 2.95. The van der Waals surface area contributed by atoms with E-state index >= 15 is 0 Å². The monoisotopic (exact) mass is 507 g/mol. The summed E-state index contributed by atoms with van der Waals surface area (Å²) in [6.45, 7) is 4.88. The molecule has 0 bridgehead atoms. The molecule has 0 aliphatic rings. The molecule has 0 unspecified atom stereocenters. The van der Waals surface area contributed by atoms with Gasteiger partial charge < -0.3 is 28.2 Å². The minimum Gasteiger partial charge on any atom is -0.462 e. The third-order valence-electron chi connectivity index (χ3n) is 3.51. The van der Waals surface area contributed by atoms with Gasteiger partial charge in [-0.05, 0) is 15.9 Å². The highest BCUT2D eigenvalue weighted by atomic mass is 79.9. The molecule has 13 heteroatoms. The second-order valence-corrected chi connectivity index (χ2v) is 6.94. The third kappa shape index (κ3) is 8.74. The predicted octanol–water partition coefficient (Wildman–Crippen LogP) is 1.40. The van der Waals surface area contributed by atoms with Crippen molar-refractivity contribution in [1.29, 1.82) is 0 Å². The molecule has 0 aliphatic heterocycles. The molecular weight excluding hydrogens is 486 g/mol. The molecule has 172 valence electrons. The Hall–Kier alpha value is -2.96. The first kappa shape index (κ1) is 26.1. The number of ether oxygens (including phenoxy) is 5. The summed E-state index contributed by atoms with van der Waals surface area (Å²) in [5, 5.41) is 3.63. The summed E-state index contributed by atoms with van der Waals surface area (Å²) in [6, 6.07) is 0. The summed E-state index contributed by atoms with van der Waals surface area (Å²) in [5.74, 6) is -3.96. The molecule has 0 N–H and O–H groups in total. The van der Waals surface area contributed by atoms with Crippen LogP contribution in [0.4, 0.5) is 0 Å². The number of hydrogen-bond acceptors (Lipinski definition) is 12. The normalized spacial score (nSPS) is 14.4. The summed E-state index contributed by atoms with van der Waals surface area (Å²) in [7, 11) is 0. The Kier molecular flexibility index (Phi) is 10.1. The van der Waals surface area contributed by atoms with Gasteiger partial charge in [-0.15, -0.1) is 0 Å². The SMILES string of the molecule is CC(=O)OC[C@@H](OC(C)=O)[C@H](OC(C)=O)[C@H](OC(C)=O)[C@@H](OC(C)=O)c1conc1Br. The molecule has 31 heavy (non-hydrogen) atoms. The summed E-state index contributed by atoms with van der Waals surface area (Å²) in [4.78, 5) is 58.4. The lowest BCUT2D eigenvalue weighted by Gasteiger charge is -2.35. The first-order valence-electron chi connectivity index (χ1n) is 8.84. The number of nitrogens with zero attached hydrogens (tertiary/aromatic N) is 1. The molecule has 0 aliphatic carbocycles. The van der Waals surface area contributed by atoms with E-state index in [9.17, 15) is 24.0 Å². The molecule has 0 fully saturated rings. The first-order valence-corrected chi connectivity index (χ1v) is 9.63. The lowest BCUT2D eigenvalue weighted by Crippen LogP contribution is -2.50. The van der Waals surface area contributed by atoms with E-state index in [0.29, 0.717) is 0 Å². The maximum Gasteiger partial charge on any atom is 0.303 e. The van der Waals surface area contributed by atoms with Gasteiger partial charge in [-0.25, -0.2) is 0 Å². The smallest absolute Gasteiger partial charge is 0.303 e. The zero-order chi connectivity index (χ0) is 23.7.